The molecule has 0 saturated carbocycles. The van der Waals surface area contributed by atoms with E-state index in [0.29, 0.717) is 26.6 Å². The second-order valence-corrected chi connectivity index (χ2v) is 8.87. The van der Waals surface area contributed by atoms with E-state index in [1.165, 1.54) is 11.8 Å². The van der Waals surface area contributed by atoms with Gasteiger partial charge in [0.05, 0.1) is 24.8 Å². The van der Waals surface area contributed by atoms with Crippen molar-refractivity contribution in [1.82, 2.24) is 9.88 Å². The van der Waals surface area contributed by atoms with Crippen molar-refractivity contribution in [3.8, 4) is 22.8 Å². The van der Waals surface area contributed by atoms with Crippen LogP contribution in [-0.4, -0.2) is 40.4 Å². The number of amides is 1. The highest BCUT2D eigenvalue weighted by Gasteiger charge is 2.36. The number of methoxy groups -OCH3 is 2. The molecule has 1 aliphatic heterocycles. The van der Waals surface area contributed by atoms with Crippen LogP contribution in [0.25, 0.3) is 17.3 Å². The SMILES string of the molecule is CC[C@H](C)[C@@H](C)N1C(=O)/C(=C/c2ccc(-c3cccc(OC)c3OC)nc2)SC1=S. The highest BCUT2D eigenvalue weighted by Crippen LogP contribution is 2.38. The number of hydrogen-bond acceptors (Lipinski definition) is 6. The Morgan fingerprint density at radius 1 is 1.20 bits per heavy atom. The number of carbonyl (C=O) groups is 1. The van der Waals surface area contributed by atoms with Gasteiger partial charge in [-0.3, -0.25) is 14.7 Å². The van der Waals surface area contributed by atoms with Crippen molar-refractivity contribution in [2.45, 2.75) is 33.2 Å². The number of aromatic nitrogens is 1. The van der Waals surface area contributed by atoms with Gasteiger partial charge in [0, 0.05) is 17.8 Å². The topological polar surface area (TPSA) is 51.7 Å². The summed E-state index contributed by atoms with van der Waals surface area (Å²) >= 11 is 6.83. The number of pyridine rings is 1. The van der Waals surface area contributed by atoms with Crippen molar-refractivity contribution in [3.63, 3.8) is 0 Å². The zero-order valence-electron chi connectivity index (χ0n) is 17.8. The minimum Gasteiger partial charge on any atom is -0.493 e. The Balaban J connectivity index is 1.85. The average molecular weight is 443 g/mol. The summed E-state index contributed by atoms with van der Waals surface area (Å²) in [6.07, 6.45) is 4.59. The molecule has 30 heavy (non-hydrogen) atoms. The van der Waals surface area contributed by atoms with E-state index in [0.717, 1.165) is 23.2 Å². The molecule has 0 radical (unpaired) electrons. The van der Waals surface area contributed by atoms with Crippen LogP contribution in [0.5, 0.6) is 11.5 Å². The van der Waals surface area contributed by atoms with Crippen LogP contribution in [0, 0.1) is 5.92 Å². The van der Waals surface area contributed by atoms with Crippen molar-refractivity contribution in [1.29, 1.82) is 0 Å². The molecule has 0 spiro atoms. The van der Waals surface area contributed by atoms with Gasteiger partial charge in [-0.1, -0.05) is 56.4 Å². The van der Waals surface area contributed by atoms with Crippen LogP contribution in [0.3, 0.4) is 0 Å². The Bertz CT molecular complexity index is 973. The molecule has 1 saturated heterocycles. The molecule has 1 fully saturated rings. The first-order valence-corrected chi connectivity index (χ1v) is 11.1. The van der Waals surface area contributed by atoms with Crippen LogP contribution >= 0.6 is 24.0 Å². The normalized spacial score (nSPS) is 17.4. The minimum atomic E-state index is -0.0312. The summed E-state index contributed by atoms with van der Waals surface area (Å²) in [7, 11) is 3.22. The lowest BCUT2D eigenvalue weighted by Gasteiger charge is -2.27. The van der Waals surface area contributed by atoms with E-state index >= 15 is 0 Å². The van der Waals surface area contributed by atoms with E-state index in [4.69, 9.17) is 21.7 Å². The lowest BCUT2D eigenvalue weighted by Crippen LogP contribution is -2.40. The minimum absolute atomic E-state index is 0.0312. The molecule has 3 rings (SSSR count). The van der Waals surface area contributed by atoms with E-state index in [2.05, 4.69) is 25.8 Å². The number of rotatable bonds is 7. The molecule has 0 N–H and O–H groups in total. The lowest BCUT2D eigenvalue weighted by molar-refractivity contribution is -0.124. The van der Waals surface area contributed by atoms with Gasteiger partial charge in [0.2, 0.25) is 0 Å². The third kappa shape index (κ3) is 4.37. The Labute approximate surface area is 187 Å². The number of thioether (sulfide) groups is 1. The summed E-state index contributed by atoms with van der Waals surface area (Å²) in [6.45, 7) is 6.32. The fourth-order valence-electron chi connectivity index (χ4n) is 3.32. The van der Waals surface area contributed by atoms with Gasteiger partial charge < -0.3 is 9.47 Å². The van der Waals surface area contributed by atoms with Crippen molar-refractivity contribution in [2.75, 3.05) is 14.2 Å². The third-order valence-electron chi connectivity index (χ3n) is 5.46. The van der Waals surface area contributed by atoms with E-state index in [9.17, 15) is 4.79 Å². The predicted molar refractivity (Wildman–Crippen MR) is 127 cm³/mol. The third-order valence-corrected chi connectivity index (χ3v) is 6.79. The Morgan fingerprint density at radius 2 is 1.97 bits per heavy atom. The molecule has 1 aromatic heterocycles. The number of ether oxygens (including phenoxy) is 2. The molecule has 2 heterocycles. The summed E-state index contributed by atoms with van der Waals surface area (Å²) in [5.74, 6) is 1.64. The standard InChI is InChI=1S/C23H26N2O3S2/c1-6-14(2)15(3)25-22(26)20(30-23(25)29)12-16-10-11-18(24-13-16)17-8-7-9-19(27-4)21(17)28-5/h7-15H,6H2,1-5H3/b20-12-/t14-,15+/m0/s1. The largest absolute Gasteiger partial charge is 0.493 e. The fraction of sp³-hybridized carbons (Fsp3) is 0.348. The van der Waals surface area contributed by atoms with Gasteiger partial charge in [-0.15, -0.1) is 0 Å². The van der Waals surface area contributed by atoms with Crippen molar-refractivity contribution in [3.05, 3.63) is 47.0 Å². The first kappa shape index (κ1) is 22.3. The molecule has 5 nitrogen and oxygen atoms in total. The van der Waals surface area contributed by atoms with Crippen LogP contribution in [0.4, 0.5) is 0 Å². The van der Waals surface area contributed by atoms with Crippen molar-refractivity contribution < 1.29 is 14.3 Å². The maximum Gasteiger partial charge on any atom is 0.266 e. The van der Waals surface area contributed by atoms with Gasteiger partial charge in [0.25, 0.3) is 5.91 Å². The van der Waals surface area contributed by atoms with Gasteiger partial charge >= 0.3 is 0 Å². The summed E-state index contributed by atoms with van der Waals surface area (Å²) in [4.78, 5) is 19.9. The zero-order valence-corrected chi connectivity index (χ0v) is 19.5. The molecule has 0 unspecified atom stereocenters. The number of thiocarbonyl (C=S) groups is 1. The van der Waals surface area contributed by atoms with E-state index in [1.54, 1.807) is 25.3 Å². The lowest BCUT2D eigenvalue weighted by atomic mass is 9.99. The van der Waals surface area contributed by atoms with Crippen molar-refractivity contribution in [2.24, 2.45) is 5.92 Å². The molecule has 1 aromatic carbocycles. The van der Waals surface area contributed by atoms with E-state index in [1.807, 2.05) is 36.4 Å². The average Bonchev–Trinajstić information content (AvgIpc) is 3.05. The number of para-hydroxylation sites is 1. The highest BCUT2D eigenvalue weighted by molar-refractivity contribution is 8.26. The van der Waals surface area contributed by atoms with E-state index < -0.39 is 0 Å². The van der Waals surface area contributed by atoms with Crippen LogP contribution in [0.1, 0.15) is 32.8 Å². The summed E-state index contributed by atoms with van der Waals surface area (Å²) in [5, 5.41) is 0. The monoisotopic (exact) mass is 442 g/mol. The van der Waals surface area contributed by atoms with E-state index in [-0.39, 0.29) is 11.9 Å². The zero-order chi connectivity index (χ0) is 21.8. The van der Waals surface area contributed by atoms with Gasteiger partial charge in [-0.2, -0.15) is 0 Å². The molecule has 1 amide bonds. The van der Waals surface area contributed by atoms with Crippen LogP contribution < -0.4 is 9.47 Å². The Morgan fingerprint density at radius 3 is 2.57 bits per heavy atom. The number of benzene rings is 1. The molecule has 158 valence electrons. The maximum atomic E-state index is 12.9. The quantitative estimate of drug-likeness (QED) is 0.423. The number of nitrogens with zero attached hydrogens (tertiary/aromatic N) is 2. The number of carbonyl (C=O) groups excluding carboxylic acids is 1. The first-order chi connectivity index (χ1) is 14.4. The molecule has 0 bridgehead atoms. The van der Waals surface area contributed by atoms with Crippen LogP contribution in [0.15, 0.2) is 41.4 Å². The van der Waals surface area contributed by atoms with Gasteiger partial charge in [0.1, 0.15) is 4.32 Å². The molecule has 7 heteroatoms. The molecule has 2 atom stereocenters. The molecular weight excluding hydrogens is 416 g/mol. The van der Waals surface area contributed by atoms with Crippen LogP contribution in [-0.2, 0) is 4.79 Å². The second-order valence-electron chi connectivity index (χ2n) is 7.20. The Kier molecular flexibility index (Phi) is 7.15. The predicted octanol–water partition coefficient (Wildman–Crippen LogP) is 5.40. The van der Waals surface area contributed by atoms with Crippen LogP contribution in [0.2, 0.25) is 0 Å². The summed E-state index contributed by atoms with van der Waals surface area (Å²) < 4.78 is 11.5. The van der Waals surface area contributed by atoms with Gasteiger partial charge in [0.15, 0.2) is 11.5 Å². The summed E-state index contributed by atoms with van der Waals surface area (Å²) in [5.41, 5.74) is 2.45. The maximum absolute atomic E-state index is 12.9. The number of hydrogen-bond donors (Lipinski definition) is 0. The first-order valence-electron chi connectivity index (χ1n) is 9.85. The molecule has 2 aromatic rings. The second kappa shape index (κ2) is 9.62. The van der Waals surface area contributed by atoms with Gasteiger partial charge in [-0.25, -0.2) is 0 Å². The molecular formula is C23H26N2O3S2. The smallest absolute Gasteiger partial charge is 0.266 e. The van der Waals surface area contributed by atoms with Gasteiger partial charge in [-0.05, 0) is 42.7 Å². The summed E-state index contributed by atoms with van der Waals surface area (Å²) in [6, 6.07) is 9.60. The van der Waals surface area contributed by atoms with Crippen molar-refractivity contribution >= 4 is 40.3 Å². The Hall–Kier alpha value is -2.38. The molecule has 1 aliphatic rings. The fourth-order valence-corrected chi connectivity index (χ4v) is 4.75. The molecule has 0 aliphatic carbocycles. The highest BCUT2D eigenvalue weighted by atomic mass is 32.2.